The molecule has 3 rings (SSSR count). The molecule has 0 aliphatic heterocycles. The number of thiophene rings is 1. The maximum atomic E-state index is 12.5. The lowest BCUT2D eigenvalue weighted by Crippen LogP contribution is -2.22. The van der Waals surface area contributed by atoms with Gasteiger partial charge in [0.05, 0.1) is 12.0 Å². The third-order valence-corrected chi connectivity index (χ3v) is 6.72. The Kier molecular flexibility index (Phi) is 5.96. The summed E-state index contributed by atoms with van der Waals surface area (Å²) in [5, 5.41) is 10.5. The van der Waals surface area contributed by atoms with E-state index in [0.29, 0.717) is 5.75 Å². The van der Waals surface area contributed by atoms with E-state index in [4.69, 9.17) is 4.74 Å². The van der Waals surface area contributed by atoms with E-state index in [1.54, 1.807) is 26.2 Å². The molecule has 0 spiro atoms. The van der Waals surface area contributed by atoms with Crippen LogP contribution in [-0.4, -0.2) is 20.6 Å². The van der Waals surface area contributed by atoms with Gasteiger partial charge in [-0.05, 0) is 48.4 Å². The van der Waals surface area contributed by atoms with E-state index in [9.17, 15) is 13.5 Å². The standard InChI is InChI=1S/C20H21NO4S2/c1-14-12-17(9-10-18(14)25-2)27(23,24)21-13-16-8-11-19(26-16)20(22)15-6-4-3-5-7-15/h3-12,20-22H,13H2,1-2H3. The van der Waals surface area contributed by atoms with Gasteiger partial charge in [-0.3, -0.25) is 0 Å². The number of sulfonamides is 1. The van der Waals surface area contributed by atoms with E-state index in [1.807, 2.05) is 42.5 Å². The summed E-state index contributed by atoms with van der Waals surface area (Å²) in [5.41, 5.74) is 1.56. The van der Waals surface area contributed by atoms with Gasteiger partial charge < -0.3 is 9.84 Å². The number of ether oxygens (including phenoxy) is 1. The van der Waals surface area contributed by atoms with Crippen LogP contribution in [0, 0.1) is 6.92 Å². The van der Waals surface area contributed by atoms with Crippen molar-refractivity contribution in [2.24, 2.45) is 0 Å². The summed E-state index contributed by atoms with van der Waals surface area (Å²) in [6.07, 6.45) is -0.717. The lowest BCUT2D eigenvalue weighted by molar-refractivity contribution is 0.224. The fourth-order valence-electron chi connectivity index (χ4n) is 2.70. The number of aliphatic hydroxyl groups excluding tert-OH is 1. The minimum atomic E-state index is -3.63. The van der Waals surface area contributed by atoms with Crippen molar-refractivity contribution in [1.29, 1.82) is 0 Å². The maximum absolute atomic E-state index is 12.5. The monoisotopic (exact) mass is 403 g/mol. The fourth-order valence-corrected chi connectivity index (χ4v) is 4.85. The lowest BCUT2D eigenvalue weighted by atomic mass is 10.1. The van der Waals surface area contributed by atoms with Crippen LogP contribution < -0.4 is 9.46 Å². The van der Waals surface area contributed by atoms with E-state index in [1.165, 1.54) is 17.4 Å². The first-order valence-electron chi connectivity index (χ1n) is 8.36. The zero-order valence-corrected chi connectivity index (χ0v) is 16.7. The topological polar surface area (TPSA) is 75.6 Å². The number of hydrogen-bond donors (Lipinski definition) is 2. The van der Waals surface area contributed by atoms with Crippen LogP contribution in [0.3, 0.4) is 0 Å². The third-order valence-electron chi connectivity index (χ3n) is 4.18. The van der Waals surface area contributed by atoms with Crippen LogP contribution in [-0.2, 0) is 16.6 Å². The summed E-state index contributed by atoms with van der Waals surface area (Å²) in [6, 6.07) is 17.8. The van der Waals surface area contributed by atoms with Crippen LogP contribution in [0.2, 0.25) is 0 Å². The van der Waals surface area contributed by atoms with Crippen LogP contribution in [0.5, 0.6) is 5.75 Å². The van der Waals surface area contributed by atoms with E-state index >= 15 is 0 Å². The summed E-state index contributed by atoms with van der Waals surface area (Å²) in [7, 11) is -2.08. The lowest BCUT2D eigenvalue weighted by Gasteiger charge is -2.09. The molecule has 0 bridgehead atoms. The maximum Gasteiger partial charge on any atom is 0.240 e. The molecule has 1 aromatic heterocycles. The van der Waals surface area contributed by atoms with Crippen LogP contribution >= 0.6 is 11.3 Å². The number of benzene rings is 2. The molecule has 0 saturated heterocycles. The minimum absolute atomic E-state index is 0.166. The van der Waals surface area contributed by atoms with Gasteiger partial charge in [0.1, 0.15) is 11.9 Å². The number of aryl methyl sites for hydroxylation is 1. The molecular weight excluding hydrogens is 382 g/mol. The highest BCUT2D eigenvalue weighted by Crippen LogP contribution is 2.28. The number of nitrogens with one attached hydrogen (secondary N) is 1. The van der Waals surface area contributed by atoms with Gasteiger partial charge in [-0.15, -0.1) is 11.3 Å². The minimum Gasteiger partial charge on any atom is -0.496 e. The van der Waals surface area contributed by atoms with E-state index in [-0.39, 0.29) is 11.4 Å². The van der Waals surface area contributed by atoms with Gasteiger partial charge in [0.15, 0.2) is 0 Å². The van der Waals surface area contributed by atoms with Crippen molar-refractivity contribution in [1.82, 2.24) is 4.72 Å². The molecular formula is C20H21NO4S2. The van der Waals surface area contributed by atoms with Crippen molar-refractivity contribution in [3.05, 3.63) is 81.5 Å². The summed E-state index contributed by atoms with van der Waals surface area (Å²) >= 11 is 1.38. The van der Waals surface area contributed by atoms with Crippen molar-refractivity contribution in [2.75, 3.05) is 7.11 Å². The van der Waals surface area contributed by atoms with E-state index in [2.05, 4.69) is 4.72 Å². The summed E-state index contributed by atoms with van der Waals surface area (Å²) in [5.74, 6) is 0.645. The zero-order valence-electron chi connectivity index (χ0n) is 15.0. The van der Waals surface area contributed by atoms with Crippen LogP contribution in [0.1, 0.15) is 27.0 Å². The summed E-state index contributed by atoms with van der Waals surface area (Å²) in [6.45, 7) is 1.97. The number of hydrogen-bond acceptors (Lipinski definition) is 5. The number of aliphatic hydroxyl groups is 1. The average Bonchev–Trinajstić information content (AvgIpc) is 3.15. The third kappa shape index (κ3) is 4.56. The largest absolute Gasteiger partial charge is 0.496 e. The van der Waals surface area contributed by atoms with Gasteiger partial charge in [-0.25, -0.2) is 13.1 Å². The SMILES string of the molecule is COc1ccc(S(=O)(=O)NCc2ccc(C(O)c3ccccc3)s2)cc1C. The average molecular weight is 404 g/mol. The van der Waals surface area contributed by atoms with Crippen molar-refractivity contribution in [3.63, 3.8) is 0 Å². The number of rotatable bonds is 7. The molecule has 2 N–H and O–H groups in total. The molecule has 0 fully saturated rings. The van der Waals surface area contributed by atoms with Crippen LogP contribution in [0.25, 0.3) is 0 Å². The highest BCUT2D eigenvalue weighted by Gasteiger charge is 2.17. The second-order valence-corrected chi connectivity index (χ2v) is 9.04. The predicted octanol–water partition coefficient (Wildman–Crippen LogP) is 3.63. The molecule has 1 unspecified atom stereocenters. The molecule has 27 heavy (non-hydrogen) atoms. The van der Waals surface area contributed by atoms with Crippen molar-refractivity contribution >= 4 is 21.4 Å². The van der Waals surface area contributed by atoms with Crippen molar-refractivity contribution in [3.8, 4) is 5.75 Å². The van der Waals surface area contributed by atoms with Crippen molar-refractivity contribution < 1.29 is 18.3 Å². The van der Waals surface area contributed by atoms with Gasteiger partial charge in [-0.1, -0.05) is 30.3 Å². The Morgan fingerprint density at radius 3 is 2.52 bits per heavy atom. The smallest absolute Gasteiger partial charge is 0.240 e. The molecule has 0 saturated carbocycles. The first-order valence-corrected chi connectivity index (χ1v) is 10.7. The van der Waals surface area contributed by atoms with Gasteiger partial charge >= 0.3 is 0 Å². The molecule has 7 heteroatoms. The molecule has 0 amide bonds. The summed E-state index contributed by atoms with van der Waals surface area (Å²) < 4.78 is 32.8. The van der Waals surface area contributed by atoms with Crippen LogP contribution in [0.15, 0.2) is 65.6 Å². The molecule has 0 radical (unpaired) electrons. The quantitative estimate of drug-likeness (QED) is 0.632. The molecule has 142 valence electrons. The molecule has 3 aromatic rings. The Morgan fingerprint density at radius 1 is 1.11 bits per heavy atom. The van der Waals surface area contributed by atoms with Crippen molar-refractivity contribution in [2.45, 2.75) is 24.5 Å². The van der Waals surface area contributed by atoms with Gasteiger partial charge in [0.25, 0.3) is 0 Å². The van der Waals surface area contributed by atoms with E-state index in [0.717, 1.165) is 20.9 Å². The van der Waals surface area contributed by atoms with Crippen LogP contribution in [0.4, 0.5) is 0 Å². The van der Waals surface area contributed by atoms with Gasteiger partial charge in [-0.2, -0.15) is 0 Å². The molecule has 0 aliphatic carbocycles. The van der Waals surface area contributed by atoms with Gasteiger partial charge in [0, 0.05) is 16.3 Å². The molecule has 5 nitrogen and oxygen atoms in total. The number of methoxy groups -OCH3 is 1. The highest BCUT2D eigenvalue weighted by molar-refractivity contribution is 7.89. The second-order valence-electron chi connectivity index (χ2n) is 6.07. The molecule has 1 heterocycles. The first-order chi connectivity index (χ1) is 12.9. The predicted molar refractivity (Wildman–Crippen MR) is 107 cm³/mol. The summed E-state index contributed by atoms with van der Waals surface area (Å²) in [4.78, 5) is 1.80. The Balaban J connectivity index is 1.70. The Morgan fingerprint density at radius 2 is 1.85 bits per heavy atom. The Labute approximate surface area is 163 Å². The zero-order chi connectivity index (χ0) is 19.4. The highest BCUT2D eigenvalue weighted by atomic mass is 32.2. The Bertz CT molecular complexity index is 1010. The molecule has 0 aliphatic rings. The van der Waals surface area contributed by atoms with Gasteiger partial charge in [0.2, 0.25) is 10.0 Å². The second kappa shape index (κ2) is 8.22. The Hall–Kier alpha value is -2.19. The van der Waals surface area contributed by atoms with E-state index < -0.39 is 16.1 Å². The fraction of sp³-hybridized carbons (Fsp3) is 0.200. The first kappa shape index (κ1) is 19.6. The molecule has 1 atom stereocenters. The normalized spacial score (nSPS) is 12.7. The molecule has 2 aromatic carbocycles.